The highest BCUT2D eigenvalue weighted by atomic mass is 32.1. The zero-order chi connectivity index (χ0) is 27.1. The van der Waals surface area contributed by atoms with Crippen LogP contribution >= 0.6 is 11.3 Å². The molecule has 1 saturated heterocycles. The summed E-state index contributed by atoms with van der Waals surface area (Å²) in [5.74, 6) is -1.44. The normalized spacial score (nSPS) is 16.7. The summed E-state index contributed by atoms with van der Waals surface area (Å²) < 4.78 is 20.5. The van der Waals surface area contributed by atoms with Gasteiger partial charge in [0.25, 0.3) is 5.78 Å². The van der Waals surface area contributed by atoms with E-state index >= 15 is 0 Å². The van der Waals surface area contributed by atoms with Crippen molar-refractivity contribution in [3.05, 3.63) is 125 Å². The Morgan fingerprint density at radius 3 is 2.44 bits per heavy atom. The minimum Gasteiger partial charge on any atom is -0.507 e. The molecule has 8 heteroatoms. The van der Waals surface area contributed by atoms with Gasteiger partial charge in [-0.15, -0.1) is 0 Å². The van der Waals surface area contributed by atoms with Gasteiger partial charge in [0.1, 0.15) is 23.1 Å². The zero-order valence-electron chi connectivity index (χ0n) is 20.7. The molecule has 1 aliphatic rings. The Bertz CT molecular complexity index is 1760. The van der Waals surface area contributed by atoms with Crippen molar-refractivity contribution in [2.24, 2.45) is 0 Å². The van der Waals surface area contributed by atoms with Crippen LogP contribution < -0.4 is 9.64 Å². The smallest absolute Gasteiger partial charge is 0.301 e. The van der Waals surface area contributed by atoms with E-state index in [2.05, 4.69) is 4.98 Å². The van der Waals surface area contributed by atoms with Crippen LogP contribution in [0, 0.1) is 12.7 Å². The van der Waals surface area contributed by atoms with E-state index in [4.69, 9.17) is 4.74 Å². The second-order valence-electron chi connectivity index (χ2n) is 9.13. The summed E-state index contributed by atoms with van der Waals surface area (Å²) in [4.78, 5) is 32.9. The SMILES string of the molecule is Cc1ccc2nc(N3C(=O)C(=O)/C(=C(/O)c4ccc(F)cc4)C3c3cccc(Oc4ccccc4)c3)sc2c1. The van der Waals surface area contributed by atoms with E-state index in [1.165, 1.54) is 40.5 Å². The molecule has 1 N–H and O–H groups in total. The van der Waals surface area contributed by atoms with Crippen molar-refractivity contribution in [2.75, 3.05) is 4.90 Å². The number of aliphatic hydroxyl groups is 1. The minimum absolute atomic E-state index is 0.112. The fraction of sp³-hybridized carbons (Fsp3) is 0.0645. The molecule has 0 bridgehead atoms. The summed E-state index contributed by atoms with van der Waals surface area (Å²) in [6.07, 6.45) is 0. The van der Waals surface area contributed by atoms with E-state index in [1.54, 1.807) is 24.3 Å². The van der Waals surface area contributed by atoms with Gasteiger partial charge in [-0.1, -0.05) is 47.7 Å². The predicted octanol–water partition coefficient (Wildman–Crippen LogP) is 7.16. The van der Waals surface area contributed by atoms with E-state index < -0.39 is 29.3 Å². The topological polar surface area (TPSA) is 79.7 Å². The van der Waals surface area contributed by atoms with E-state index in [9.17, 15) is 19.1 Å². The Labute approximate surface area is 227 Å². The summed E-state index contributed by atoms with van der Waals surface area (Å²) in [5.41, 5.74) is 2.39. The Morgan fingerprint density at radius 2 is 1.67 bits per heavy atom. The Morgan fingerprint density at radius 1 is 0.923 bits per heavy atom. The first kappa shape index (κ1) is 24.5. The first-order valence-electron chi connectivity index (χ1n) is 12.2. The number of nitrogens with zero attached hydrogens (tertiary/aromatic N) is 2. The molecule has 0 spiro atoms. The molecule has 1 fully saturated rings. The number of halogens is 1. The number of hydrogen-bond donors (Lipinski definition) is 1. The lowest BCUT2D eigenvalue weighted by Gasteiger charge is -2.23. The molecule has 1 aromatic heterocycles. The molecule has 6 rings (SSSR count). The van der Waals surface area contributed by atoms with Gasteiger partial charge in [0.15, 0.2) is 5.13 Å². The van der Waals surface area contributed by atoms with Crippen LogP contribution in [0.3, 0.4) is 0 Å². The molecule has 2 heterocycles. The maximum absolute atomic E-state index is 13.6. The standard InChI is InChI=1S/C31H21FN2O4S/c1-18-10-15-24-25(16-18)39-31(33-24)34-27(20-6-5-9-23(17-20)38-22-7-3-2-4-8-22)26(29(36)30(34)37)28(35)19-11-13-21(32)14-12-19/h2-17,27,35H,1H3/b28-26+. The maximum atomic E-state index is 13.6. The molecular formula is C31H21FN2O4S. The molecule has 39 heavy (non-hydrogen) atoms. The van der Waals surface area contributed by atoms with Gasteiger partial charge in [0, 0.05) is 5.56 Å². The van der Waals surface area contributed by atoms with Crippen molar-refractivity contribution < 1.29 is 23.8 Å². The van der Waals surface area contributed by atoms with E-state index in [-0.39, 0.29) is 11.1 Å². The average molecular weight is 537 g/mol. The number of anilines is 1. The maximum Gasteiger partial charge on any atom is 0.301 e. The number of aryl methyl sites for hydroxylation is 1. The number of para-hydroxylation sites is 1. The number of rotatable bonds is 5. The van der Waals surface area contributed by atoms with E-state index in [1.807, 2.05) is 55.5 Å². The minimum atomic E-state index is -0.990. The van der Waals surface area contributed by atoms with Gasteiger partial charge in [0.2, 0.25) is 0 Å². The number of carbonyl (C=O) groups excluding carboxylic acids is 2. The summed E-state index contributed by atoms with van der Waals surface area (Å²) in [6, 6.07) is 26.1. The lowest BCUT2D eigenvalue weighted by Crippen LogP contribution is -2.29. The quantitative estimate of drug-likeness (QED) is 0.146. The molecule has 0 aliphatic carbocycles. The highest BCUT2D eigenvalue weighted by molar-refractivity contribution is 7.22. The van der Waals surface area contributed by atoms with Gasteiger partial charge in [-0.05, 0) is 78.7 Å². The van der Waals surface area contributed by atoms with Gasteiger partial charge in [0.05, 0.1) is 21.8 Å². The monoisotopic (exact) mass is 536 g/mol. The largest absolute Gasteiger partial charge is 0.507 e. The van der Waals surface area contributed by atoms with Gasteiger partial charge in [-0.2, -0.15) is 0 Å². The van der Waals surface area contributed by atoms with Crippen LogP contribution in [-0.2, 0) is 9.59 Å². The second-order valence-corrected chi connectivity index (χ2v) is 10.1. The Balaban J connectivity index is 1.52. The number of amides is 1. The third-order valence-electron chi connectivity index (χ3n) is 6.45. The van der Waals surface area contributed by atoms with Gasteiger partial charge >= 0.3 is 5.91 Å². The molecule has 4 aromatic carbocycles. The first-order chi connectivity index (χ1) is 18.9. The summed E-state index contributed by atoms with van der Waals surface area (Å²) in [7, 11) is 0. The van der Waals surface area contributed by atoms with E-state index in [0.717, 1.165) is 10.3 Å². The lowest BCUT2D eigenvalue weighted by atomic mass is 9.95. The lowest BCUT2D eigenvalue weighted by molar-refractivity contribution is -0.132. The summed E-state index contributed by atoms with van der Waals surface area (Å²) in [6.45, 7) is 1.96. The number of fused-ring (bicyclic) bond motifs is 1. The molecule has 1 aliphatic heterocycles. The summed E-state index contributed by atoms with van der Waals surface area (Å²) >= 11 is 1.29. The van der Waals surface area contributed by atoms with Crippen LogP contribution in [0.2, 0.25) is 0 Å². The molecule has 5 aromatic rings. The van der Waals surface area contributed by atoms with Crippen LogP contribution in [0.25, 0.3) is 16.0 Å². The third-order valence-corrected chi connectivity index (χ3v) is 7.47. The number of ketones is 1. The Kier molecular flexibility index (Phi) is 6.17. The van der Waals surface area contributed by atoms with Crippen molar-refractivity contribution in [1.82, 2.24) is 4.98 Å². The highest BCUT2D eigenvalue weighted by Gasteiger charge is 2.48. The fourth-order valence-corrected chi connectivity index (χ4v) is 5.69. The molecule has 6 nitrogen and oxygen atoms in total. The summed E-state index contributed by atoms with van der Waals surface area (Å²) in [5, 5.41) is 11.6. The molecule has 1 atom stereocenters. The van der Waals surface area contributed by atoms with Gasteiger partial charge in [-0.3, -0.25) is 14.5 Å². The number of aromatic nitrogens is 1. The van der Waals surface area contributed by atoms with Crippen LogP contribution in [0.15, 0.2) is 103 Å². The number of carbonyl (C=O) groups is 2. The second kappa shape index (κ2) is 9.81. The van der Waals surface area contributed by atoms with E-state index in [0.29, 0.717) is 27.7 Å². The fourth-order valence-electron chi connectivity index (χ4n) is 4.60. The number of benzene rings is 4. The molecular weight excluding hydrogens is 515 g/mol. The van der Waals surface area contributed by atoms with Gasteiger partial charge < -0.3 is 9.84 Å². The van der Waals surface area contributed by atoms with Crippen molar-refractivity contribution in [3.63, 3.8) is 0 Å². The van der Waals surface area contributed by atoms with Crippen LogP contribution in [0.1, 0.15) is 22.7 Å². The average Bonchev–Trinajstić information content (AvgIpc) is 3.47. The third kappa shape index (κ3) is 4.55. The number of aliphatic hydroxyl groups excluding tert-OH is 1. The van der Waals surface area contributed by atoms with Crippen LogP contribution in [-0.4, -0.2) is 21.8 Å². The van der Waals surface area contributed by atoms with Crippen molar-refractivity contribution in [2.45, 2.75) is 13.0 Å². The van der Waals surface area contributed by atoms with Crippen LogP contribution in [0.5, 0.6) is 11.5 Å². The van der Waals surface area contributed by atoms with Crippen LogP contribution in [0.4, 0.5) is 9.52 Å². The number of hydrogen-bond acceptors (Lipinski definition) is 6. The van der Waals surface area contributed by atoms with Crippen molar-refractivity contribution in [1.29, 1.82) is 0 Å². The molecule has 192 valence electrons. The molecule has 1 unspecified atom stereocenters. The zero-order valence-corrected chi connectivity index (χ0v) is 21.5. The number of Topliss-reactive ketones (excluding diaryl/α,β-unsaturated/α-hetero) is 1. The highest BCUT2D eigenvalue weighted by Crippen LogP contribution is 2.45. The number of thiazole rings is 1. The number of ether oxygens (including phenoxy) is 1. The van der Waals surface area contributed by atoms with Gasteiger partial charge in [-0.25, -0.2) is 9.37 Å². The molecule has 0 saturated carbocycles. The van der Waals surface area contributed by atoms with Crippen molar-refractivity contribution >= 4 is 44.1 Å². The van der Waals surface area contributed by atoms with Crippen molar-refractivity contribution in [3.8, 4) is 11.5 Å². The molecule has 0 radical (unpaired) electrons. The first-order valence-corrected chi connectivity index (χ1v) is 13.0. The molecule has 1 amide bonds. The predicted molar refractivity (Wildman–Crippen MR) is 148 cm³/mol. The Hall–Kier alpha value is -4.82.